The second kappa shape index (κ2) is 6.62. The fraction of sp³-hybridized carbons (Fsp3) is 0.111. The lowest BCUT2D eigenvalue weighted by molar-refractivity contribution is -0.137. The first-order chi connectivity index (χ1) is 8.12. The van der Waals surface area contributed by atoms with E-state index in [-0.39, 0.29) is 21.0 Å². The molecule has 0 aliphatic rings. The monoisotopic (exact) mass is 427 g/mol. The van der Waals surface area contributed by atoms with Gasteiger partial charge in [0, 0.05) is 3.57 Å². The average molecular weight is 428 g/mol. The quantitative estimate of drug-likeness (QED) is 0.410. The molecule has 106 valence electrons. The highest BCUT2D eigenvalue weighted by Gasteiger charge is 2.32. The zero-order valence-corrected chi connectivity index (χ0v) is 12.7. The summed E-state index contributed by atoms with van der Waals surface area (Å²) in [4.78, 5) is 14.7. The lowest BCUT2D eigenvalue weighted by atomic mass is 10.1. The highest BCUT2D eigenvalue weighted by molar-refractivity contribution is 14.1. The molecule has 0 bridgehead atoms. The average Bonchev–Trinajstić information content (AvgIpc) is 2.18. The van der Waals surface area contributed by atoms with Gasteiger partial charge in [-0.05, 0) is 34.7 Å². The lowest BCUT2D eigenvalue weighted by Crippen LogP contribution is -2.24. The summed E-state index contributed by atoms with van der Waals surface area (Å²) in [7, 11) is 0. The zero-order chi connectivity index (χ0) is 14.1. The van der Waals surface area contributed by atoms with Gasteiger partial charge in [-0.25, -0.2) is 0 Å². The normalized spacial score (nSPS) is 10.6. The van der Waals surface area contributed by atoms with Gasteiger partial charge in [0.1, 0.15) is 0 Å². The van der Waals surface area contributed by atoms with E-state index in [0.717, 1.165) is 6.07 Å². The van der Waals surface area contributed by atoms with E-state index in [1.54, 1.807) is 22.6 Å². The maximum Gasteiger partial charge on any atom is 0.416 e. The number of nitrogens with two attached hydrogens (primary N) is 2. The molecule has 1 aromatic carbocycles. The van der Waals surface area contributed by atoms with Crippen LogP contribution in [-0.2, 0) is 6.18 Å². The molecule has 0 saturated carbocycles. The molecule has 1 aromatic rings. The Morgan fingerprint density at radius 1 is 1.32 bits per heavy atom. The predicted molar refractivity (Wildman–Crippen MR) is 76.6 cm³/mol. The fourth-order valence-corrected chi connectivity index (χ4v) is 1.90. The summed E-state index contributed by atoms with van der Waals surface area (Å²) < 4.78 is 37.8. The Morgan fingerprint density at radius 2 is 1.84 bits per heavy atom. The molecule has 0 fully saturated rings. The number of guanidine groups is 1. The summed E-state index contributed by atoms with van der Waals surface area (Å²) in [5.41, 5.74) is 8.57. The van der Waals surface area contributed by atoms with Crippen LogP contribution >= 0.6 is 46.6 Å². The number of carbonyl (C=O) groups excluding carboxylic acids is 1. The molecular weight excluding hydrogens is 421 g/mol. The number of carbonyl (C=O) groups is 1. The van der Waals surface area contributed by atoms with Crippen LogP contribution in [-0.4, -0.2) is 11.9 Å². The SMILES string of the molecule is Cl.NC(N)=NC(=O)c1cc(C(F)(F)F)cc(I)c1Cl. The summed E-state index contributed by atoms with van der Waals surface area (Å²) in [6, 6.07) is 1.44. The Kier molecular flexibility index (Phi) is 6.36. The molecule has 1 rings (SSSR count). The number of aliphatic imine (C=N–C) groups is 1. The number of hydrogen-bond donors (Lipinski definition) is 2. The van der Waals surface area contributed by atoms with Gasteiger partial charge in [-0.15, -0.1) is 12.4 Å². The van der Waals surface area contributed by atoms with Crippen LogP contribution in [0.4, 0.5) is 13.2 Å². The van der Waals surface area contributed by atoms with Gasteiger partial charge in [-0.2, -0.15) is 18.2 Å². The Bertz CT molecular complexity index is 530. The molecule has 19 heavy (non-hydrogen) atoms. The first-order valence-electron chi connectivity index (χ1n) is 4.33. The van der Waals surface area contributed by atoms with Crippen molar-refractivity contribution in [2.45, 2.75) is 6.18 Å². The largest absolute Gasteiger partial charge is 0.416 e. The van der Waals surface area contributed by atoms with E-state index in [0.29, 0.717) is 6.07 Å². The minimum absolute atomic E-state index is 0. The standard InChI is InChI=1S/C9H6ClF3IN3O.ClH/c10-6-4(7(18)17-8(15)16)1-3(2-5(6)14)9(11,12)13;/h1-2H,(H4,15,16,17,18);1H. The van der Waals surface area contributed by atoms with E-state index in [1.165, 1.54) is 0 Å². The molecule has 0 radical (unpaired) electrons. The molecule has 10 heteroatoms. The first-order valence-corrected chi connectivity index (χ1v) is 5.79. The fourth-order valence-electron chi connectivity index (χ4n) is 1.09. The van der Waals surface area contributed by atoms with Crippen molar-refractivity contribution in [2.75, 3.05) is 0 Å². The van der Waals surface area contributed by atoms with Crippen LogP contribution < -0.4 is 11.5 Å². The molecule has 0 heterocycles. The number of amides is 1. The molecule has 0 aromatic heterocycles. The molecule has 4 nitrogen and oxygen atoms in total. The number of alkyl halides is 3. The summed E-state index contributed by atoms with van der Waals surface area (Å²) in [6.45, 7) is 0. The zero-order valence-electron chi connectivity index (χ0n) is 8.96. The number of hydrogen-bond acceptors (Lipinski definition) is 1. The van der Waals surface area contributed by atoms with Crippen molar-refractivity contribution < 1.29 is 18.0 Å². The number of benzene rings is 1. The van der Waals surface area contributed by atoms with Crippen molar-refractivity contribution in [3.63, 3.8) is 0 Å². The maximum absolute atomic E-state index is 12.6. The second-order valence-electron chi connectivity index (χ2n) is 3.16. The van der Waals surface area contributed by atoms with Gasteiger partial charge in [0.2, 0.25) is 0 Å². The Labute approximate surface area is 130 Å². The van der Waals surface area contributed by atoms with E-state index in [9.17, 15) is 18.0 Å². The first kappa shape index (κ1) is 18.3. The molecule has 0 aliphatic heterocycles. The predicted octanol–water partition coefficient (Wildman–Crippen LogP) is 2.80. The van der Waals surface area contributed by atoms with Crippen molar-refractivity contribution >= 4 is 58.5 Å². The smallest absolute Gasteiger partial charge is 0.370 e. The highest BCUT2D eigenvalue weighted by atomic mass is 127. The van der Waals surface area contributed by atoms with E-state index in [1.807, 2.05) is 0 Å². The van der Waals surface area contributed by atoms with E-state index < -0.39 is 29.2 Å². The second-order valence-corrected chi connectivity index (χ2v) is 4.70. The van der Waals surface area contributed by atoms with Gasteiger partial charge in [0.15, 0.2) is 5.96 Å². The van der Waals surface area contributed by atoms with Crippen LogP contribution in [0.5, 0.6) is 0 Å². The molecule has 0 atom stereocenters. The van der Waals surface area contributed by atoms with Gasteiger partial charge in [-0.1, -0.05) is 11.6 Å². The van der Waals surface area contributed by atoms with Crippen molar-refractivity contribution in [2.24, 2.45) is 16.5 Å². The van der Waals surface area contributed by atoms with Crippen LogP contribution in [0.15, 0.2) is 17.1 Å². The molecule has 4 N–H and O–H groups in total. The maximum atomic E-state index is 12.6. The molecule has 0 unspecified atom stereocenters. The van der Waals surface area contributed by atoms with Gasteiger partial charge < -0.3 is 11.5 Å². The Hall–Kier alpha value is -0.740. The minimum atomic E-state index is -4.59. The van der Waals surface area contributed by atoms with E-state index in [2.05, 4.69) is 4.99 Å². The van der Waals surface area contributed by atoms with Gasteiger partial charge in [0.25, 0.3) is 5.91 Å². The third-order valence-corrected chi connectivity index (χ3v) is 3.39. The molecule has 0 spiro atoms. The summed E-state index contributed by atoms with van der Waals surface area (Å²) in [6.07, 6.45) is -4.59. The van der Waals surface area contributed by atoms with Crippen molar-refractivity contribution in [3.8, 4) is 0 Å². The Balaban J connectivity index is 0.00000324. The van der Waals surface area contributed by atoms with Crippen molar-refractivity contribution in [1.82, 2.24) is 0 Å². The lowest BCUT2D eigenvalue weighted by Gasteiger charge is -2.10. The van der Waals surface area contributed by atoms with Gasteiger partial charge in [0.05, 0.1) is 16.1 Å². The summed E-state index contributed by atoms with van der Waals surface area (Å²) in [5, 5.41) is -0.126. The number of nitrogens with zero attached hydrogens (tertiary/aromatic N) is 1. The third-order valence-electron chi connectivity index (χ3n) is 1.82. The summed E-state index contributed by atoms with van der Waals surface area (Å²) >= 11 is 7.33. The molecule has 0 saturated heterocycles. The third kappa shape index (κ3) is 4.69. The molecule has 0 aliphatic carbocycles. The van der Waals surface area contributed by atoms with E-state index >= 15 is 0 Å². The summed E-state index contributed by atoms with van der Waals surface area (Å²) in [5.74, 6) is -1.58. The molecular formula is C9H7Cl2F3IN3O. The van der Waals surface area contributed by atoms with Gasteiger partial charge in [-0.3, -0.25) is 4.79 Å². The van der Waals surface area contributed by atoms with E-state index in [4.69, 9.17) is 23.1 Å². The van der Waals surface area contributed by atoms with Crippen LogP contribution in [0.25, 0.3) is 0 Å². The van der Waals surface area contributed by atoms with Crippen molar-refractivity contribution in [1.29, 1.82) is 0 Å². The van der Waals surface area contributed by atoms with Crippen LogP contribution in [0.3, 0.4) is 0 Å². The highest BCUT2D eigenvalue weighted by Crippen LogP contribution is 2.34. The minimum Gasteiger partial charge on any atom is -0.370 e. The van der Waals surface area contributed by atoms with Crippen LogP contribution in [0.2, 0.25) is 5.02 Å². The van der Waals surface area contributed by atoms with Crippen LogP contribution in [0.1, 0.15) is 15.9 Å². The number of rotatable bonds is 1. The molecule has 1 amide bonds. The topological polar surface area (TPSA) is 81.5 Å². The van der Waals surface area contributed by atoms with Crippen molar-refractivity contribution in [3.05, 3.63) is 31.9 Å². The number of halogens is 6. The van der Waals surface area contributed by atoms with Gasteiger partial charge >= 0.3 is 6.18 Å². The Morgan fingerprint density at radius 3 is 2.26 bits per heavy atom. The van der Waals surface area contributed by atoms with Crippen LogP contribution in [0, 0.1) is 3.57 Å².